The molecule has 2 amide bonds. The fourth-order valence-corrected chi connectivity index (χ4v) is 6.38. The van der Waals surface area contributed by atoms with Crippen molar-refractivity contribution in [3.05, 3.63) is 94.1 Å². The molecule has 0 aliphatic carbocycles. The van der Waals surface area contributed by atoms with Gasteiger partial charge in [0.2, 0.25) is 11.8 Å². The minimum atomic E-state index is -0.766. The van der Waals surface area contributed by atoms with Crippen LogP contribution in [0.2, 0.25) is 5.02 Å². The highest BCUT2D eigenvalue weighted by Gasteiger charge is 2.29. The predicted molar refractivity (Wildman–Crippen MR) is 172 cm³/mol. The number of aromatic nitrogens is 1. The summed E-state index contributed by atoms with van der Waals surface area (Å²) in [5.74, 6) is 0.739. The second-order valence-electron chi connectivity index (χ2n) is 11.2. The molecule has 5 rings (SSSR count). The van der Waals surface area contributed by atoms with Crippen molar-refractivity contribution in [2.45, 2.75) is 64.6 Å². The maximum Gasteiger partial charge on any atom is 0.249 e. The molecule has 0 spiro atoms. The number of rotatable bonds is 12. The van der Waals surface area contributed by atoms with Crippen LogP contribution in [0.3, 0.4) is 0 Å². The molecular weight excluding hydrogens is 562 g/mol. The SMILES string of the molecule is CCCc1c(COC)n(CC(=O)NC(Cc2ccccc2)C(=O)N(C)c2ccc3c(c2)C(CC)CO3)c2cccc(Cl)c12. The van der Waals surface area contributed by atoms with Crippen LogP contribution in [-0.4, -0.2) is 43.2 Å². The molecule has 0 radical (unpaired) electrons. The van der Waals surface area contributed by atoms with Crippen LogP contribution in [0.15, 0.2) is 66.7 Å². The zero-order valence-corrected chi connectivity index (χ0v) is 26.1. The molecule has 0 fully saturated rings. The molecular formula is C35H40ClN3O4. The number of carbonyl (C=O) groups excluding carboxylic acids is 2. The third-order valence-electron chi connectivity index (χ3n) is 8.34. The van der Waals surface area contributed by atoms with Crippen LogP contribution in [0.25, 0.3) is 10.9 Å². The van der Waals surface area contributed by atoms with Gasteiger partial charge in [0.05, 0.1) is 23.8 Å². The summed E-state index contributed by atoms with van der Waals surface area (Å²) in [7, 11) is 3.41. The number of aryl methyl sites for hydroxylation is 1. The molecule has 3 aromatic carbocycles. The number of benzene rings is 3. The van der Waals surface area contributed by atoms with Gasteiger partial charge in [0.25, 0.3) is 0 Å². The molecule has 4 aromatic rings. The number of hydrogen-bond donors (Lipinski definition) is 1. The molecule has 0 saturated heterocycles. The van der Waals surface area contributed by atoms with E-state index in [2.05, 4.69) is 19.2 Å². The van der Waals surface area contributed by atoms with Gasteiger partial charge in [-0.1, -0.05) is 68.3 Å². The largest absolute Gasteiger partial charge is 0.493 e. The topological polar surface area (TPSA) is 72.8 Å². The van der Waals surface area contributed by atoms with E-state index >= 15 is 0 Å². The quantitative estimate of drug-likeness (QED) is 0.197. The first-order chi connectivity index (χ1) is 20.9. The summed E-state index contributed by atoms with van der Waals surface area (Å²) in [5, 5.41) is 4.68. The highest BCUT2D eigenvalue weighted by molar-refractivity contribution is 6.35. The Bertz CT molecular complexity index is 1600. The van der Waals surface area contributed by atoms with E-state index in [4.69, 9.17) is 21.1 Å². The molecule has 2 heterocycles. The lowest BCUT2D eigenvalue weighted by Gasteiger charge is -2.26. The van der Waals surface area contributed by atoms with Crippen LogP contribution >= 0.6 is 11.6 Å². The van der Waals surface area contributed by atoms with Crippen LogP contribution in [0.5, 0.6) is 5.75 Å². The van der Waals surface area contributed by atoms with Gasteiger partial charge in [0.15, 0.2) is 0 Å². The molecule has 43 heavy (non-hydrogen) atoms. The van der Waals surface area contributed by atoms with Crippen LogP contribution in [0.1, 0.15) is 55.0 Å². The number of carbonyl (C=O) groups is 2. The first-order valence-corrected chi connectivity index (χ1v) is 15.4. The molecule has 1 aromatic heterocycles. The molecule has 0 saturated carbocycles. The van der Waals surface area contributed by atoms with Crippen molar-refractivity contribution < 1.29 is 19.1 Å². The maximum absolute atomic E-state index is 14.0. The van der Waals surface area contributed by atoms with Crippen LogP contribution < -0.4 is 15.0 Å². The summed E-state index contributed by atoms with van der Waals surface area (Å²) < 4.78 is 13.4. The Balaban J connectivity index is 1.44. The second kappa shape index (κ2) is 13.7. The van der Waals surface area contributed by atoms with Crippen LogP contribution in [0, 0.1) is 0 Å². The molecule has 226 valence electrons. The van der Waals surface area contributed by atoms with Gasteiger partial charge in [0, 0.05) is 48.8 Å². The van der Waals surface area contributed by atoms with Crippen molar-refractivity contribution in [2.24, 2.45) is 0 Å². The fraction of sp³-hybridized carbons (Fsp3) is 0.371. The minimum absolute atomic E-state index is 0.0376. The monoisotopic (exact) mass is 601 g/mol. The van der Waals surface area contributed by atoms with E-state index in [9.17, 15) is 9.59 Å². The van der Waals surface area contributed by atoms with Gasteiger partial charge < -0.3 is 24.3 Å². The van der Waals surface area contributed by atoms with Crippen molar-refractivity contribution in [3.8, 4) is 5.75 Å². The fourth-order valence-electron chi connectivity index (χ4n) is 6.10. The van der Waals surface area contributed by atoms with Gasteiger partial charge in [-0.2, -0.15) is 0 Å². The number of likely N-dealkylation sites (N-methyl/N-ethyl adjacent to an activating group) is 1. The Morgan fingerprint density at radius 1 is 1.12 bits per heavy atom. The number of amides is 2. The number of hydrogen-bond acceptors (Lipinski definition) is 4. The number of fused-ring (bicyclic) bond motifs is 2. The van der Waals surface area contributed by atoms with Crippen molar-refractivity contribution in [2.75, 3.05) is 25.7 Å². The Kier molecular flexibility index (Phi) is 9.73. The normalized spacial score (nSPS) is 14.8. The Hall–Kier alpha value is -3.81. The summed E-state index contributed by atoms with van der Waals surface area (Å²) in [4.78, 5) is 29.4. The van der Waals surface area contributed by atoms with Gasteiger partial charge in [-0.15, -0.1) is 0 Å². The predicted octanol–water partition coefficient (Wildman–Crippen LogP) is 6.67. The van der Waals surface area contributed by atoms with Crippen LogP contribution in [0.4, 0.5) is 5.69 Å². The zero-order valence-electron chi connectivity index (χ0n) is 25.4. The van der Waals surface area contributed by atoms with E-state index in [-0.39, 0.29) is 18.4 Å². The van der Waals surface area contributed by atoms with E-state index in [1.54, 1.807) is 19.1 Å². The van der Waals surface area contributed by atoms with Crippen molar-refractivity contribution in [3.63, 3.8) is 0 Å². The average Bonchev–Trinajstić information content (AvgIpc) is 3.56. The molecule has 8 heteroatoms. The number of ether oxygens (including phenoxy) is 2. The number of nitrogens with zero attached hydrogens (tertiary/aromatic N) is 2. The number of anilines is 1. The van der Waals surface area contributed by atoms with Crippen molar-refractivity contribution in [1.82, 2.24) is 9.88 Å². The van der Waals surface area contributed by atoms with E-state index in [1.807, 2.05) is 71.3 Å². The van der Waals surface area contributed by atoms with Gasteiger partial charge in [0.1, 0.15) is 18.3 Å². The minimum Gasteiger partial charge on any atom is -0.493 e. The summed E-state index contributed by atoms with van der Waals surface area (Å²) >= 11 is 6.67. The first-order valence-electron chi connectivity index (χ1n) is 15.0. The molecule has 2 unspecified atom stereocenters. The zero-order chi connectivity index (χ0) is 30.5. The first kappa shape index (κ1) is 30.6. The lowest BCUT2D eigenvalue weighted by Crippen LogP contribution is -2.49. The maximum atomic E-state index is 14.0. The highest BCUT2D eigenvalue weighted by atomic mass is 35.5. The third-order valence-corrected chi connectivity index (χ3v) is 8.66. The summed E-state index contributed by atoms with van der Waals surface area (Å²) in [6, 6.07) is 20.6. The summed E-state index contributed by atoms with van der Waals surface area (Å²) in [6.45, 7) is 5.31. The van der Waals surface area contributed by atoms with E-state index in [0.717, 1.165) is 64.0 Å². The van der Waals surface area contributed by atoms with E-state index in [1.165, 1.54) is 0 Å². The van der Waals surface area contributed by atoms with Gasteiger partial charge in [-0.3, -0.25) is 9.59 Å². The average molecular weight is 602 g/mol. The molecule has 1 N–H and O–H groups in total. The molecule has 1 aliphatic heterocycles. The van der Waals surface area contributed by atoms with Gasteiger partial charge >= 0.3 is 0 Å². The number of methoxy groups -OCH3 is 1. The Morgan fingerprint density at radius 3 is 2.63 bits per heavy atom. The molecule has 2 atom stereocenters. The van der Waals surface area contributed by atoms with Crippen molar-refractivity contribution >= 4 is 40.0 Å². The van der Waals surface area contributed by atoms with Crippen LogP contribution in [-0.2, 0) is 40.3 Å². The summed E-state index contributed by atoms with van der Waals surface area (Å²) in [5.41, 5.74) is 5.77. The third kappa shape index (κ3) is 6.43. The smallest absolute Gasteiger partial charge is 0.249 e. The van der Waals surface area contributed by atoms with Gasteiger partial charge in [-0.05, 0) is 54.3 Å². The van der Waals surface area contributed by atoms with Crippen molar-refractivity contribution in [1.29, 1.82) is 0 Å². The van der Waals surface area contributed by atoms with E-state index < -0.39 is 6.04 Å². The summed E-state index contributed by atoms with van der Waals surface area (Å²) in [6.07, 6.45) is 3.08. The molecule has 7 nitrogen and oxygen atoms in total. The standard InChI is InChI=1S/C35H40ClN3O4/c1-5-11-26-31(22-42-4)39(30-15-10-14-28(36)34(26)30)20-33(40)37-29(18-23-12-8-7-9-13-23)35(41)38(3)25-16-17-32-27(19-25)24(6-2)21-43-32/h7-10,12-17,19,24,29H,5-6,11,18,20-22H2,1-4H3,(H,37,40). The lowest BCUT2D eigenvalue weighted by atomic mass is 9.98. The van der Waals surface area contributed by atoms with E-state index in [0.29, 0.717) is 30.6 Å². The Morgan fingerprint density at radius 2 is 1.91 bits per heavy atom. The lowest BCUT2D eigenvalue weighted by molar-refractivity contribution is -0.127. The second-order valence-corrected chi connectivity index (χ2v) is 11.6. The number of halogens is 1. The Labute approximate surface area is 258 Å². The number of nitrogens with one attached hydrogen (secondary N) is 1. The van der Waals surface area contributed by atoms with Gasteiger partial charge in [-0.25, -0.2) is 0 Å². The molecule has 1 aliphatic rings. The molecule has 0 bridgehead atoms. The highest BCUT2D eigenvalue weighted by Crippen LogP contribution is 2.38.